The van der Waals surface area contributed by atoms with Crippen LogP contribution in [0.3, 0.4) is 0 Å². The van der Waals surface area contributed by atoms with Crippen LogP contribution in [0.2, 0.25) is 0 Å². The van der Waals surface area contributed by atoms with Crippen molar-refractivity contribution in [2.45, 2.75) is 24.3 Å². The van der Waals surface area contributed by atoms with E-state index in [1.54, 1.807) is 19.1 Å². The molecule has 1 aromatic carbocycles. The van der Waals surface area contributed by atoms with Crippen LogP contribution in [0.25, 0.3) is 10.4 Å². The molecule has 2 aromatic heterocycles. The maximum atomic E-state index is 13.4. The molecule has 35 heavy (non-hydrogen) atoms. The Labute approximate surface area is 202 Å². The maximum Gasteiger partial charge on any atom is 0.430 e. The van der Waals surface area contributed by atoms with Gasteiger partial charge in [-0.3, -0.25) is 4.18 Å². The Balaban J connectivity index is 2.12. The predicted molar refractivity (Wildman–Crippen MR) is 122 cm³/mol. The Morgan fingerprint density at radius 2 is 1.83 bits per heavy atom. The van der Waals surface area contributed by atoms with Crippen LogP contribution < -0.4 is 5.73 Å². The summed E-state index contributed by atoms with van der Waals surface area (Å²) in [6.07, 6.45) is -7.77. The minimum atomic E-state index is -4.90. The number of alkyl halides is 6. The summed E-state index contributed by atoms with van der Waals surface area (Å²) in [5, 5.41) is 0.208. The molecule has 2 heterocycles. The summed E-state index contributed by atoms with van der Waals surface area (Å²) >= 11 is -0.782. The molecular weight excluding hydrogens is 516 g/mol. The molecule has 0 bridgehead atoms. The van der Waals surface area contributed by atoms with E-state index in [1.807, 2.05) is 0 Å². The molecule has 0 saturated carbocycles. The van der Waals surface area contributed by atoms with Crippen LogP contribution in [0.5, 0.6) is 0 Å². The lowest BCUT2D eigenvalue weighted by Gasteiger charge is -2.11. The number of aliphatic imine (C=N–C) groups is 1. The fraction of sp³-hybridized carbons (Fsp3) is 0.182. The number of aryl methyl sites for hydroxylation is 1. The van der Waals surface area contributed by atoms with Gasteiger partial charge in [-0.15, -0.1) is 11.3 Å². The molecule has 0 saturated heterocycles. The lowest BCUT2D eigenvalue weighted by molar-refractivity contribution is -0.137. The lowest BCUT2D eigenvalue weighted by Crippen LogP contribution is -2.20. The number of halogens is 6. The van der Waals surface area contributed by atoms with Crippen LogP contribution in [-0.4, -0.2) is 28.2 Å². The minimum Gasteiger partial charge on any atom is -0.395 e. The largest absolute Gasteiger partial charge is 0.430 e. The summed E-state index contributed by atoms with van der Waals surface area (Å²) in [6, 6.07) is 8.93. The highest BCUT2D eigenvalue weighted by molar-refractivity contribution is 7.80. The van der Waals surface area contributed by atoms with E-state index in [1.165, 1.54) is 25.4 Å². The van der Waals surface area contributed by atoms with Crippen molar-refractivity contribution in [1.82, 2.24) is 4.98 Å². The van der Waals surface area contributed by atoms with Crippen LogP contribution in [-0.2, 0) is 21.4 Å². The van der Waals surface area contributed by atoms with Gasteiger partial charge in [0.25, 0.3) is 0 Å². The van der Waals surface area contributed by atoms with Crippen molar-refractivity contribution in [2.75, 3.05) is 7.11 Å². The predicted octanol–water partition coefficient (Wildman–Crippen LogP) is 6.33. The average molecular weight is 534 g/mol. The van der Waals surface area contributed by atoms with Gasteiger partial charge in [0.15, 0.2) is 5.03 Å². The first-order chi connectivity index (χ1) is 16.3. The molecule has 0 radical (unpaired) electrons. The van der Waals surface area contributed by atoms with Crippen molar-refractivity contribution in [3.05, 3.63) is 76.4 Å². The standard InChI is InChI=1S/C22H17F6N3O2S2/c1-12-9-13(11-30-20(12)35(32)33-2)17-7-8-18(34-17)16(10-19(29)22(26,27)28)31-15-6-4-3-5-14(15)21(23,24)25/h3-11H,29H2,1-2H3. The number of rotatable bonds is 6. The molecule has 186 valence electrons. The fourth-order valence-electron chi connectivity index (χ4n) is 2.91. The highest BCUT2D eigenvalue weighted by Gasteiger charge is 2.34. The quantitative estimate of drug-likeness (QED) is 0.297. The van der Waals surface area contributed by atoms with Crippen LogP contribution in [0.15, 0.2) is 70.5 Å². The number of para-hydroxylation sites is 1. The smallest absolute Gasteiger partial charge is 0.395 e. The Morgan fingerprint density at radius 3 is 2.43 bits per heavy atom. The summed E-state index contributed by atoms with van der Waals surface area (Å²) in [5.74, 6) is 0. The zero-order chi connectivity index (χ0) is 26.0. The first kappa shape index (κ1) is 26.6. The van der Waals surface area contributed by atoms with Gasteiger partial charge in [-0.25, -0.2) is 14.2 Å². The Kier molecular flexibility index (Phi) is 7.82. The number of thiophene rings is 1. The van der Waals surface area contributed by atoms with Crippen LogP contribution in [0.4, 0.5) is 32.0 Å². The second kappa shape index (κ2) is 10.3. The van der Waals surface area contributed by atoms with Gasteiger partial charge in [0.1, 0.15) is 5.70 Å². The minimum absolute atomic E-state index is 0.145. The average Bonchev–Trinajstić information content (AvgIpc) is 3.27. The van der Waals surface area contributed by atoms with E-state index in [-0.39, 0.29) is 9.90 Å². The van der Waals surface area contributed by atoms with Gasteiger partial charge >= 0.3 is 12.4 Å². The van der Waals surface area contributed by atoms with Gasteiger partial charge in [0.05, 0.1) is 28.9 Å². The van der Waals surface area contributed by atoms with E-state index >= 15 is 0 Å². The summed E-state index contributed by atoms with van der Waals surface area (Å²) < 4.78 is 96.2. The molecule has 0 aliphatic rings. The fourth-order valence-corrected chi connectivity index (χ4v) is 4.48. The molecule has 3 aromatic rings. The molecule has 1 atom stereocenters. The van der Waals surface area contributed by atoms with E-state index in [2.05, 4.69) is 9.98 Å². The van der Waals surface area contributed by atoms with Crippen molar-refractivity contribution in [3.63, 3.8) is 0 Å². The summed E-state index contributed by atoms with van der Waals surface area (Å²) in [6.45, 7) is 1.66. The number of hydrogen-bond donors (Lipinski definition) is 1. The van der Waals surface area contributed by atoms with Gasteiger partial charge in [-0.2, -0.15) is 26.3 Å². The van der Waals surface area contributed by atoms with Gasteiger partial charge < -0.3 is 5.73 Å². The number of allylic oxidation sites excluding steroid dienone is 2. The third-order valence-corrected chi connectivity index (χ3v) is 6.76. The van der Waals surface area contributed by atoms with Crippen LogP contribution in [0, 0.1) is 6.92 Å². The molecule has 0 spiro atoms. The monoisotopic (exact) mass is 533 g/mol. The Morgan fingerprint density at radius 1 is 1.14 bits per heavy atom. The number of nitrogens with zero attached hydrogens (tertiary/aromatic N) is 2. The second-order valence-electron chi connectivity index (χ2n) is 7.02. The van der Waals surface area contributed by atoms with Gasteiger partial charge in [0, 0.05) is 16.6 Å². The molecule has 0 aliphatic carbocycles. The molecule has 2 N–H and O–H groups in total. The van der Waals surface area contributed by atoms with Crippen molar-refractivity contribution in [2.24, 2.45) is 10.7 Å². The SMILES string of the molecule is COS(=O)c1ncc(-c2ccc(C(C=C(N)C(F)(F)F)=Nc3ccccc3C(F)(F)F)s2)cc1C. The molecule has 0 fully saturated rings. The summed E-state index contributed by atoms with van der Waals surface area (Å²) in [5.41, 5.74) is 2.69. The van der Waals surface area contributed by atoms with E-state index in [9.17, 15) is 30.6 Å². The molecule has 3 rings (SSSR count). The number of nitrogens with two attached hydrogens (primary N) is 1. The first-order valence-electron chi connectivity index (χ1n) is 9.64. The number of aromatic nitrogens is 1. The zero-order valence-electron chi connectivity index (χ0n) is 18.1. The third kappa shape index (κ3) is 6.35. The normalized spacial score (nSPS) is 14.3. The second-order valence-corrected chi connectivity index (χ2v) is 9.29. The Hall–Kier alpha value is -3.03. The molecule has 13 heteroatoms. The van der Waals surface area contributed by atoms with E-state index < -0.39 is 46.1 Å². The topological polar surface area (TPSA) is 77.6 Å². The summed E-state index contributed by atoms with van der Waals surface area (Å²) in [7, 11) is 1.26. The van der Waals surface area contributed by atoms with Gasteiger partial charge in [-0.05, 0) is 48.9 Å². The Bertz CT molecular complexity index is 1310. The zero-order valence-corrected chi connectivity index (χ0v) is 19.7. The van der Waals surface area contributed by atoms with Crippen LogP contribution >= 0.6 is 11.3 Å². The summed E-state index contributed by atoms with van der Waals surface area (Å²) in [4.78, 5) is 8.70. The highest BCUT2D eigenvalue weighted by atomic mass is 32.2. The molecule has 1 unspecified atom stereocenters. The molecule has 5 nitrogen and oxygen atoms in total. The molecular formula is C22H17F6N3O2S2. The van der Waals surface area contributed by atoms with Crippen molar-refractivity contribution < 1.29 is 34.7 Å². The van der Waals surface area contributed by atoms with Gasteiger partial charge in [0.2, 0.25) is 11.1 Å². The molecule has 0 aliphatic heterocycles. The van der Waals surface area contributed by atoms with Crippen molar-refractivity contribution in [1.29, 1.82) is 0 Å². The van der Waals surface area contributed by atoms with E-state index in [0.717, 1.165) is 29.5 Å². The van der Waals surface area contributed by atoms with E-state index in [0.29, 0.717) is 22.1 Å². The maximum absolute atomic E-state index is 13.4. The number of hydrogen-bond acceptors (Lipinski definition) is 6. The first-order valence-corrected chi connectivity index (χ1v) is 11.5. The van der Waals surface area contributed by atoms with Crippen molar-refractivity contribution in [3.8, 4) is 10.4 Å². The highest BCUT2D eigenvalue weighted by Crippen LogP contribution is 2.37. The number of pyridine rings is 1. The van der Waals surface area contributed by atoms with Crippen molar-refractivity contribution >= 4 is 33.8 Å². The third-order valence-electron chi connectivity index (χ3n) is 4.55. The molecule has 0 amide bonds. The lowest BCUT2D eigenvalue weighted by atomic mass is 10.1. The van der Waals surface area contributed by atoms with E-state index in [4.69, 9.17) is 9.92 Å². The number of benzene rings is 1. The van der Waals surface area contributed by atoms with Gasteiger partial charge in [-0.1, -0.05) is 12.1 Å². The van der Waals surface area contributed by atoms with Crippen LogP contribution in [0.1, 0.15) is 16.0 Å².